The predicted molar refractivity (Wildman–Crippen MR) is 125 cm³/mol. The lowest BCUT2D eigenvalue weighted by atomic mass is 10.2. The van der Waals surface area contributed by atoms with Crippen molar-refractivity contribution in [1.82, 2.24) is 10.7 Å². The SMILES string of the molecule is COc1ccc(C(=O)NCC(=O)N/N=C/c2ccccc2OCc2ccccc2)cc1OC. The van der Waals surface area contributed by atoms with E-state index in [-0.39, 0.29) is 6.54 Å². The molecular formula is C25H25N3O5. The number of amides is 2. The number of carbonyl (C=O) groups is 2. The summed E-state index contributed by atoms with van der Waals surface area (Å²) in [7, 11) is 2.99. The van der Waals surface area contributed by atoms with Gasteiger partial charge in [0, 0.05) is 11.1 Å². The standard InChI is InChI=1S/C25H25N3O5/c1-31-22-13-12-19(14-23(22)32-2)25(30)26-16-24(29)28-27-15-20-10-6-7-11-21(20)33-17-18-8-4-3-5-9-18/h3-15H,16-17H2,1-2H3,(H,26,30)(H,28,29)/b27-15+. The van der Waals surface area contributed by atoms with Gasteiger partial charge in [-0.05, 0) is 35.9 Å². The minimum absolute atomic E-state index is 0.239. The highest BCUT2D eigenvalue weighted by molar-refractivity contribution is 5.97. The van der Waals surface area contributed by atoms with Crippen molar-refractivity contribution in [2.75, 3.05) is 20.8 Å². The molecule has 0 saturated carbocycles. The second kappa shape index (κ2) is 11.9. The van der Waals surface area contributed by atoms with Crippen LogP contribution in [0, 0.1) is 0 Å². The van der Waals surface area contributed by atoms with Gasteiger partial charge in [0.1, 0.15) is 12.4 Å². The Morgan fingerprint density at radius 1 is 0.879 bits per heavy atom. The van der Waals surface area contributed by atoms with Crippen molar-refractivity contribution in [2.45, 2.75) is 6.61 Å². The predicted octanol–water partition coefficient (Wildman–Crippen LogP) is 3.16. The summed E-state index contributed by atoms with van der Waals surface area (Å²) in [6.07, 6.45) is 1.49. The minimum atomic E-state index is -0.470. The van der Waals surface area contributed by atoms with Crippen LogP contribution in [0.4, 0.5) is 0 Å². The molecule has 0 aliphatic heterocycles. The number of rotatable bonds is 10. The van der Waals surface area contributed by atoms with Gasteiger partial charge >= 0.3 is 0 Å². The van der Waals surface area contributed by atoms with E-state index >= 15 is 0 Å². The van der Waals surface area contributed by atoms with Crippen LogP contribution in [0.5, 0.6) is 17.2 Å². The molecule has 0 saturated heterocycles. The zero-order chi connectivity index (χ0) is 23.5. The van der Waals surface area contributed by atoms with Gasteiger partial charge < -0.3 is 19.5 Å². The van der Waals surface area contributed by atoms with Gasteiger partial charge in [-0.15, -0.1) is 0 Å². The van der Waals surface area contributed by atoms with Gasteiger partial charge in [-0.3, -0.25) is 9.59 Å². The van der Waals surface area contributed by atoms with Gasteiger partial charge in [-0.25, -0.2) is 5.43 Å². The fraction of sp³-hybridized carbons (Fsp3) is 0.160. The molecule has 3 aromatic rings. The van der Waals surface area contributed by atoms with Crippen molar-refractivity contribution in [3.63, 3.8) is 0 Å². The molecule has 0 spiro atoms. The van der Waals surface area contributed by atoms with Crippen LogP contribution in [-0.2, 0) is 11.4 Å². The van der Waals surface area contributed by atoms with Crippen LogP contribution in [-0.4, -0.2) is 38.8 Å². The average molecular weight is 447 g/mol. The average Bonchev–Trinajstić information content (AvgIpc) is 2.86. The maximum atomic E-state index is 12.3. The highest BCUT2D eigenvalue weighted by atomic mass is 16.5. The number of benzene rings is 3. The number of hydrazone groups is 1. The third-order valence-electron chi connectivity index (χ3n) is 4.60. The van der Waals surface area contributed by atoms with Crippen molar-refractivity contribution < 1.29 is 23.8 Å². The number of hydrogen-bond donors (Lipinski definition) is 2. The van der Waals surface area contributed by atoms with Crippen molar-refractivity contribution in [1.29, 1.82) is 0 Å². The Morgan fingerprint density at radius 2 is 1.61 bits per heavy atom. The first-order valence-electron chi connectivity index (χ1n) is 10.2. The molecule has 0 aromatic heterocycles. The second-order valence-corrected chi connectivity index (χ2v) is 6.86. The van der Waals surface area contributed by atoms with E-state index < -0.39 is 11.8 Å². The van der Waals surface area contributed by atoms with E-state index in [2.05, 4.69) is 15.8 Å². The summed E-state index contributed by atoms with van der Waals surface area (Å²) in [6.45, 7) is 0.177. The van der Waals surface area contributed by atoms with E-state index in [4.69, 9.17) is 14.2 Å². The van der Waals surface area contributed by atoms with Gasteiger partial charge in [0.05, 0.1) is 27.0 Å². The van der Waals surface area contributed by atoms with Gasteiger partial charge in [0.25, 0.3) is 11.8 Å². The first-order valence-corrected chi connectivity index (χ1v) is 10.2. The van der Waals surface area contributed by atoms with Crippen molar-refractivity contribution in [3.8, 4) is 17.2 Å². The van der Waals surface area contributed by atoms with E-state index in [0.29, 0.717) is 35.0 Å². The number of methoxy groups -OCH3 is 2. The van der Waals surface area contributed by atoms with Crippen LogP contribution in [0.3, 0.4) is 0 Å². The third-order valence-corrected chi connectivity index (χ3v) is 4.60. The monoisotopic (exact) mass is 447 g/mol. The number of carbonyl (C=O) groups excluding carboxylic acids is 2. The minimum Gasteiger partial charge on any atom is -0.493 e. The van der Waals surface area contributed by atoms with Crippen LogP contribution < -0.4 is 25.0 Å². The zero-order valence-electron chi connectivity index (χ0n) is 18.4. The van der Waals surface area contributed by atoms with E-state index in [1.165, 1.54) is 26.5 Å². The normalized spacial score (nSPS) is 10.5. The zero-order valence-corrected chi connectivity index (χ0v) is 18.4. The highest BCUT2D eigenvalue weighted by Crippen LogP contribution is 2.27. The number of nitrogens with one attached hydrogen (secondary N) is 2. The number of ether oxygens (including phenoxy) is 3. The summed E-state index contributed by atoms with van der Waals surface area (Å²) in [5, 5.41) is 6.51. The summed E-state index contributed by atoms with van der Waals surface area (Å²) >= 11 is 0. The number of para-hydroxylation sites is 1. The van der Waals surface area contributed by atoms with Crippen LogP contribution in [0.2, 0.25) is 0 Å². The molecule has 2 amide bonds. The fourth-order valence-corrected chi connectivity index (χ4v) is 2.91. The molecule has 0 aliphatic rings. The first-order chi connectivity index (χ1) is 16.1. The lowest BCUT2D eigenvalue weighted by molar-refractivity contribution is -0.120. The van der Waals surface area contributed by atoms with Gasteiger partial charge in [0.15, 0.2) is 11.5 Å². The summed E-state index contributed by atoms with van der Waals surface area (Å²) in [5.41, 5.74) is 4.49. The van der Waals surface area contributed by atoms with E-state index in [1.54, 1.807) is 12.1 Å². The molecule has 0 aliphatic carbocycles. The van der Waals surface area contributed by atoms with Gasteiger partial charge in [-0.1, -0.05) is 42.5 Å². The lowest BCUT2D eigenvalue weighted by Gasteiger charge is -2.10. The molecule has 33 heavy (non-hydrogen) atoms. The molecular weight excluding hydrogens is 422 g/mol. The smallest absolute Gasteiger partial charge is 0.259 e. The molecule has 0 fully saturated rings. The maximum Gasteiger partial charge on any atom is 0.259 e. The second-order valence-electron chi connectivity index (χ2n) is 6.86. The largest absolute Gasteiger partial charge is 0.493 e. The third kappa shape index (κ3) is 6.83. The Hall–Kier alpha value is -4.33. The van der Waals surface area contributed by atoms with Crippen LogP contribution >= 0.6 is 0 Å². The van der Waals surface area contributed by atoms with Crippen molar-refractivity contribution in [2.24, 2.45) is 5.10 Å². The molecule has 0 radical (unpaired) electrons. The molecule has 0 unspecified atom stereocenters. The van der Waals surface area contributed by atoms with Gasteiger partial charge in [0.2, 0.25) is 0 Å². The van der Waals surface area contributed by atoms with Crippen LogP contribution in [0.1, 0.15) is 21.5 Å². The highest BCUT2D eigenvalue weighted by Gasteiger charge is 2.12. The van der Waals surface area contributed by atoms with E-state index in [9.17, 15) is 9.59 Å². The molecule has 2 N–H and O–H groups in total. The Labute approximate surface area is 192 Å². The molecule has 8 nitrogen and oxygen atoms in total. The number of nitrogens with zero attached hydrogens (tertiary/aromatic N) is 1. The fourth-order valence-electron chi connectivity index (χ4n) is 2.91. The molecule has 3 rings (SSSR count). The summed E-state index contributed by atoms with van der Waals surface area (Å²) in [6, 6.07) is 21.9. The molecule has 0 atom stereocenters. The Kier molecular flexibility index (Phi) is 8.41. The summed E-state index contributed by atoms with van der Waals surface area (Å²) < 4.78 is 16.2. The quantitative estimate of drug-likeness (QED) is 0.368. The van der Waals surface area contributed by atoms with Crippen molar-refractivity contribution >= 4 is 18.0 Å². The molecule has 8 heteroatoms. The Bertz CT molecular complexity index is 1120. The topological polar surface area (TPSA) is 98.2 Å². The Morgan fingerprint density at radius 3 is 2.36 bits per heavy atom. The molecule has 170 valence electrons. The molecule has 3 aromatic carbocycles. The Balaban J connectivity index is 1.51. The summed E-state index contributed by atoms with van der Waals surface area (Å²) in [5.74, 6) is 0.681. The first kappa shape index (κ1) is 23.3. The van der Waals surface area contributed by atoms with E-state index in [1.807, 2.05) is 54.6 Å². The van der Waals surface area contributed by atoms with Crippen molar-refractivity contribution in [3.05, 3.63) is 89.5 Å². The maximum absolute atomic E-state index is 12.3. The molecule has 0 bridgehead atoms. The lowest BCUT2D eigenvalue weighted by Crippen LogP contribution is -2.34. The van der Waals surface area contributed by atoms with Crippen LogP contribution in [0.15, 0.2) is 77.9 Å². The molecule has 0 heterocycles. The summed E-state index contributed by atoms with van der Waals surface area (Å²) in [4.78, 5) is 24.4. The van der Waals surface area contributed by atoms with Crippen LogP contribution in [0.25, 0.3) is 0 Å². The van der Waals surface area contributed by atoms with E-state index in [0.717, 1.165) is 5.56 Å². The van der Waals surface area contributed by atoms with Gasteiger partial charge in [-0.2, -0.15) is 5.10 Å². The number of hydrogen-bond acceptors (Lipinski definition) is 6.